The first-order valence-electron chi connectivity index (χ1n) is 5.81. The van der Waals surface area contributed by atoms with Gasteiger partial charge in [-0.1, -0.05) is 6.92 Å². The molecule has 0 aliphatic carbocycles. The number of benzene rings is 1. The Kier molecular flexibility index (Phi) is 4.65. The number of nitriles is 1. The topological polar surface area (TPSA) is 47.8 Å². The molecule has 1 aromatic carbocycles. The molecule has 0 aromatic heterocycles. The highest BCUT2D eigenvalue weighted by atomic mass is 14.9. The molecule has 3 nitrogen and oxygen atoms in total. The summed E-state index contributed by atoms with van der Waals surface area (Å²) in [5.41, 5.74) is 3.81. The second kappa shape index (κ2) is 6.02. The van der Waals surface area contributed by atoms with Crippen LogP contribution in [0.25, 0.3) is 0 Å². The van der Waals surface area contributed by atoms with Crippen molar-refractivity contribution in [1.82, 2.24) is 0 Å². The van der Waals surface area contributed by atoms with Crippen molar-refractivity contribution in [3.63, 3.8) is 0 Å². The van der Waals surface area contributed by atoms with Gasteiger partial charge in [-0.15, -0.1) is 0 Å². The van der Waals surface area contributed by atoms with Crippen LogP contribution in [0.5, 0.6) is 0 Å². The van der Waals surface area contributed by atoms with Crippen molar-refractivity contribution in [2.75, 3.05) is 23.7 Å². The van der Waals surface area contributed by atoms with E-state index in [-0.39, 0.29) is 0 Å². The molecule has 0 saturated carbocycles. The zero-order chi connectivity index (χ0) is 12.0. The van der Waals surface area contributed by atoms with E-state index in [1.807, 2.05) is 13.8 Å². The number of anilines is 2. The van der Waals surface area contributed by atoms with E-state index in [9.17, 15) is 5.26 Å². The minimum Gasteiger partial charge on any atom is -0.384 e. The van der Waals surface area contributed by atoms with Crippen LogP contribution < -0.4 is 10.6 Å². The third-order valence-electron chi connectivity index (χ3n) is 2.45. The summed E-state index contributed by atoms with van der Waals surface area (Å²) < 4.78 is 0. The molecule has 3 heteroatoms. The van der Waals surface area contributed by atoms with Crippen molar-refractivity contribution in [3.05, 3.63) is 23.3 Å². The maximum absolute atomic E-state index is 9.19. The van der Waals surface area contributed by atoms with Gasteiger partial charge in [-0.2, -0.15) is 5.26 Å². The van der Waals surface area contributed by atoms with Crippen molar-refractivity contribution in [3.8, 4) is 6.07 Å². The van der Waals surface area contributed by atoms with Crippen LogP contribution in [0.15, 0.2) is 12.1 Å². The van der Waals surface area contributed by atoms with Crippen LogP contribution in [0, 0.1) is 11.3 Å². The van der Waals surface area contributed by atoms with Gasteiger partial charge in [-0.3, -0.25) is 0 Å². The Morgan fingerprint density at radius 2 is 1.56 bits per heavy atom. The first-order valence-corrected chi connectivity index (χ1v) is 5.81. The Hall–Kier alpha value is -1.69. The molecule has 16 heavy (non-hydrogen) atoms. The summed E-state index contributed by atoms with van der Waals surface area (Å²) in [5.74, 6) is 0. The third kappa shape index (κ3) is 2.66. The molecule has 2 N–H and O–H groups in total. The van der Waals surface area contributed by atoms with Crippen LogP contribution in [0.3, 0.4) is 0 Å². The number of aryl methyl sites for hydroxylation is 1. The van der Waals surface area contributed by atoms with Crippen LogP contribution >= 0.6 is 0 Å². The number of hydrogen-bond acceptors (Lipinski definition) is 3. The summed E-state index contributed by atoms with van der Waals surface area (Å²) in [5, 5.41) is 15.7. The second-order valence-electron chi connectivity index (χ2n) is 3.59. The maximum atomic E-state index is 9.19. The van der Waals surface area contributed by atoms with Crippen LogP contribution in [0.4, 0.5) is 11.4 Å². The molecule has 0 bridgehead atoms. The standard InChI is InChI=1S/C13H19N3/c1-4-10-7-12(15-5-2)11(9-14)13(8-10)16-6-3/h7-8,15-16H,4-6H2,1-3H3. The first kappa shape index (κ1) is 12.4. The lowest BCUT2D eigenvalue weighted by molar-refractivity contribution is 1.12. The molecule has 0 heterocycles. The summed E-state index contributed by atoms with van der Waals surface area (Å²) in [7, 11) is 0. The smallest absolute Gasteiger partial charge is 0.104 e. The van der Waals surface area contributed by atoms with Crippen LogP contribution in [-0.4, -0.2) is 13.1 Å². The third-order valence-corrected chi connectivity index (χ3v) is 2.45. The molecule has 0 amide bonds. The summed E-state index contributed by atoms with van der Waals surface area (Å²) in [6.45, 7) is 7.84. The minimum atomic E-state index is 0.709. The maximum Gasteiger partial charge on any atom is 0.104 e. The summed E-state index contributed by atoms with van der Waals surface area (Å²) in [6, 6.07) is 6.38. The Morgan fingerprint density at radius 1 is 1.06 bits per heavy atom. The Morgan fingerprint density at radius 3 is 1.88 bits per heavy atom. The summed E-state index contributed by atoms with van der Waals surface area (Å²) >= 11 is 0. The van der Waals surface area contributed by atoms with E-state index in [1.165, 1.54) is 5.56 Å². The molecule has 0 aliphatic rings. The summed E-state index contributed by atoms with van der Waals surface area (Å²) in [4.78, 5) is 0. The normalized spacial score (nSPS) is 9.62. The molecule has 0 fully saturated rings. The van der Waals surface area contributed by atoms with Gasteiger partial charge in [-0.25, -0.2) is 0 Å². The minimum absolute atomic E-state index is 0.709. The predicted molar refractivity (Wildman–Crippen MR) is 68.9 cm³/mol. The number of nitrogens with zero attached hydrogens (tertiary/aromatic N) is 1. The highest BCUT2D eigenvalue weighted by molar-refractivity contribution is 5.72. The highest BCUT2D eigenvalue weighted by Gasteiger charge is 2.08. The fourth-order valence-corrected chi connectivity index (χ4v) is 1.69. The molecule has 0 radical (unpaired) electrons. The van der Waals surface area contributed by atoms with Gasteiger partial charge >= 0.3 is 0 Å². The zero-order valence-electron chi connectivity index (χ0n) is 10.2. The molecule has 1 aromatic rings. The SMILES string of the molecule is CCNc1cc(CC)cc(NCC)c1C#N. The van der Waals surface area contributed by atoms with Gasteiger partial charge in [0.15, 0.2) is 0 Å². The monoisotopic (exact) mass is 217 g/mol. The van der Waals surface area contributed by atoms with Crippen LogP contribution in [0.2, 0.25) is 0 Å². The van der Waals surface area contributed by atoms with Gasteiger partial charge in [0.25, 0.3) is 0 Å². The predicted octanol–water partition coefficient (Wildman–Crippen LogP) is 2.98. The lowest BCUT2D eigenvalue weighted by Crippen LogP contribution is -2.05. The van der Waals surface area contributed by atoms with Crippen molar-refractivity contribution in [1.29, 1.82) is 5.26 Å². The van der Waals surface area contributed by atoms with Gasteiger partial charge in [0.05, 0.1) is 16.9 Å². The van der Waals surface area contributed by atoms with Crippen LogP contribution in [-0.2, 0) is 6.42 Å². The van der Waals surface area contributed by atoms with Crippen molar-refractivity contribution < 1.29 is 0 Å². The van der Waals surface area contributed by atoms with E-state index >= 15 is 0 Å². The molecule has 1 rings (SSSR count). The van der Waals surface area contributed by atoms with E-state index < -0.39 is 0 Å². The molecular weight excluding hydrogens is 198 g/mol. The highest BCUT2D eigenvalue weighted by Crippen LogP contribution is 2.26. The molecule has 86 valence electrons. The van der Waals surface area contributed by atoms with E-state index in [0.717, 1.165) is 30.9 Å². The average Bonchev–Trinajstić information content (AvgIpc) is 2.29. The molecule has 0 saturated heterocycles. The van der Waals surface area contributed by atoms with E-state index in [2.05, 4.69) is 35.8 Å². The largest absolute Gasteiger partial charge is 0.384 e. The van der Waals surface area contributed by atoms with E-state index in [1.54, 1.807) is 0 Å². The Labute approximate surface area is 97.5 Å². The number of rotatable bonds is 5. The molecular formula is C13H19N3. The van der Waals surface area contributed by atoms with Crippen molar-refractivity contribution in [2.24, 2.45) is 0 Å². The van der Waals surface area contributed by atoms with Gasteiger partial charge in [0, 0.05) is 13.1 Å². The average molecular weight is 217 g/mol. The lowest BCUT2D eigenvalue weighted by Gasteiger charge is -2.13. The molecule has 0 aliphatic heterocycles. The molecule has 0 atom stereocenters. The van der Waals surface area contributed by atoms with Gasteiger partial charge in [0.1, 0.15) is 6.07 Å². The van der Waals surface area contributed by atoms with E-state index in [4.69, 9.17) is 0 Å². The lowest BCUT2D eigenvalue weighted by atomic mass is 10.0. The quantitative estimate of drug-likeness (QED) is 0.797. The fourth-order valence-electron chi connectivity index (χ4n) is 1.69. The number of nitrogens with one attached hydrogen (secondary N) is 2. The van der Waals surface area contributed by atoms with Crippen LogP contribution in [0.1, 0.15) is 31.9 Å². The second-order valence-corrected chi connectivity index (χ2v) is 3.59. The Bertz CT molecular complexity index is 364. The van der Waals surface area contributed by atoms with Crippen molar-refractivity contribution in [2.45, 2.75) is 27.2 Å². The summed E-state index contributed by atoms with van der Waals surface area (Å²) in [6.07, 6.45) is 0.975. The van der Waals surface area contributed by atoms with Gasteiger partial charge in [0.2, 0.25) is 0 Å². The molecule has 0 spiro atoms. The van der Waals surface area contributed by atoms with E-state index in [0.29, 0.717) is 5.56 Å². The van der Waals surface area contributed by atoms with Crippen molar-refractivity contribution >= 4 is 11.4 Å². The fraction of sp³-hybridized carbons (Fsp3) is 0.462. The van der Waals surface area contributed by atoms with Gasteiger partial charge in [-0.05, 0) is 38.0 Å². The Balaban J connectivity index is 3.23. The molecule has 0 unspecified atom stereocenters. The zero-order valence-corrected chi connectivity index (χ0v) is 10.2. The van der Waals surface area contributed by atoms with Gasteiger partial charge < -0.3 is 10.6 Å². The number of hydrogen-bond donors (Lipinski definition) is 2. The first-order chi connectivity index (χ1) is 7.76.